The lowest BCUT2D eigenvalue weighted by Gasteiger charge is -2.27. The lowest BCUT2D eigenvalue weighted by atomic mass is 10.1. The maximum Gasteiger partial charge on any atom is 0.0918 e. The Morgan fingerprint density at radius 1 is 1.82 bits per heavy atom. The minimum atomic E-state index is -2.01. The van der Waals surface area contributed by atoms with Gasteiger partial charge in [0.2, 0.25) is 0 Å². The molecule has 0 amide bonds. The average Bonchev–Trinajstić information content (AvgIpc) is 2.36. The van der Waals surface area contributed by atoms with Gasteiger partial charge in [-0.2, -0.15) is 0 Å². The van der Waals surface area contributed by atoms with Crippen LogP contribution in [0.25, 0.3) is 0 Å². The first kappa shape index (κ1) is 9.12. The third-order valence-corrected chi connectivity index (χ3v) is 2.78. The second kappa shape index (κ2) is 3.62. The molecule has 2 atom stereocenters. The van der Waals surface area contributed by atoms with Gasteiger partial charge in [0.05, 0.1) is 5.60 Å². The van der Waals surface area contributed by atoms with Crippen LogP contribution in [0.1, 0.15) is 6.42 Å². The molecule has 5 heteroatoms. The first-order valence-corrected chi connectivity index (χ1v) is 4.75. The summed E-state index contributed by atoms with van der Waals surface area (Å²) >= 11 is -2.01. The second-order valence-electron chi connectivity index (χ2n) is 2.76. The van der Waals surface area contributed by atoms with E-state index in [-0.39, 0.29) is 5.75 Å². The molecule has 0 spiro atoms. The van der Waals surface area contributed by atoms with Gasteiger partial charge in [0.15, 0.2) is 0 Å². The van der Waals surface area contributed by atoms with Crippen LogP contribution in [0.3, 0.4) is 0 Å². The Kier molecular flexibility index (Phi) is 3.00. The SMILES string of the molecule is COC1(CS(=O)[O-])CCNC1. The molecule has 1 aliphatic heterocycles. The van der Waals surface area contributed by atoms with Crippen molar-refractivity contribution in [2.75, 3.05) is 26.0 Å². The van der Waals surface area contributed by atoms with E-state index in [2.05, 4.69) is 5.32 Å². The molecule has 0 aromatic heterocycles. The molecule has 1 rings (SSSR count). The molecule has 1 saturated heterocycles. The first-order valence-electron chi connectivity index (χ1n) is 3.50. The number of ether oxygens (including phenoxy) is 1. The number of nitrogens with one attached hydrogen (secondary N) is 1. The third-order valence-electron chi connectivity index (χ3n) is 2.02. The van der Waals surface area contributed by atoms with Gasteiger partial charge in [-0.1, -0.05) is 11.1 Å². The quantitative estimate of drug-likeness (QED) is 0.577. The highest BCUT2D eigenvalue weighted by atomic mass is 32.2. The molecule has 1 heterocycles. The molecule has 0 aliphatic carbocycles. The van der Waals surface area contributed by atoms with Crippen LogP contribution in [0.15, 0.2) is 0 Å². The Morgan fingerprint density at radius 3 is 2.91 bits per heavy atom. The highest BCUT2D eigenvalue weighted by molar-refractivity contribution is 7.79. The van der Waals surface area contributed by atoms with Gasteiger partial charge in [-0.25, -0.2) is 0 Å². The third kappa shape index (κ3) is 2.23. The largest absolute Gasteiger partial charge is 0.772 e. The van der Waals surface area contributed by atoms with Gasteiger partial charge < -0.3 is 14.6 Å². The van der Waals surface area contributed by atoms with E-state index in [0.29, 0.717) is 6.54 Å². The van der Waals surface area contributed by atoms with Crippen molar-refractivity contribution in [3.8, 4) is 0 Å². The van der Waals surface area contributed by atoms with Crippen molar-refractivity contribution in [2.45, 2.75) is 12.0 Å². The molecule has 1 fully saturated rings. The van der Waals surface area contributed by atoms with Crippen molar-refractivity contribution < 1.29 is 13.5 Å². The molecule has 0 radical (unpaired) electrons. The average molecular weight is 178 g/mol. The van der Waals surface area contributed by atoms with Gasteiger partial charge in [0.1, 0.15) is 0 Å². The Morgan fingerprint density at radius 2 is 2.55 bits per heavy atom. The Hall–Kier alpha value is 0.0300. The van der Waals surface area contributed by atoms with Gasteiger partial charge in [-0.15, -0.1) is 0 Å². The van der Waals surface area contributed by atoms with E-state index in [1.54, 1.807) is 7.11 Å². The molecule has 0 bridgehead atoms. The zero-order valence-corrected chi connectivity index (χ0v) is 7.28. The predicted octanol–water partition coefficient (Wildman–Crippen LogP) is -0.756. The standard InChI is InChI=1S/C6H13NO3S/c1-10-6(5-11(8)9)2-3-7-4-6/h7H,2-5H2,1H3,(H,8,9)/p-1. The molecule has 0 aromatic rings. The van der Waals surface area contributed by atoms with Gasteiger partial charge in [0.25, 0.3) is 0 Å². The lowest BCUT2D eigenvalue weighted by molar-refractivity contribution is 0.0267. The van der Waals surface area contributed by atoms with E-state index < -0.39 is 16.7 Å². The van der Waals surface area contributed by atoms with Gasteiger partial charge in [-0.3, -0.25) is 4.21 Å². The Balaban J connectivity index is 2.52. The zero-order valence-electron chi connectivity index (χ0n) is 6.46. The summed E-state index contributed by atoms with van der Waals surface area (Å²) in [6.45, 7) is 1.47. The van der Waals surface area contributed by atoms with Gasteiger partial charge in [-0.05, 0) is 13.0 Å². The predicted molar refractivity (Wildman–Crippen MR) is 41.0 cm³/mol. The van der Waals surface area contributed by atoms with Gasteiger partial charge in [0, 0.05) is 19.4 Å². The maximum absolute atomic E-state index is 10.4. The van der Waals surface area contributed by atoms with E-state index in [4.69, 9.17) is 4.74 Å². The lowest BCUT2D eigenvalue weighted by Crippen LogP contribution is -2.39. The van der Waals surface area contributed by atoms with Crippen LogP contribution in [0.5, 0.6) is 0 Å². The molecule has 11 heavy (non-hydrogen) atoms. The Bertz CT molecular complexity index is 156. The molecule has 1 aliphatic rings. The van der Waals surface area contributed by atoms with Crippen molar-refractivity contribution in [1.29, 1.82) is 0 Å². The van der Waals surface area contributed by atoms with Gasteiger partial charge >= 0.3 is 0 Å². The summed E-state index contributed by atoms with van der Waals surface area (Å²) in [5, 5.41) is 3.07. The van der Waals surface area contributed by atoms with Crippen LogP contribution in [-0.4, -0.2) is 40.3 Å². The van der Waals surface area contributed by atoms with E-state index >= 15 is 0 Å². The molecule has 0 aromatic carbocycles. The van der Waals surface area contributed by atoms with Crippen LogP contribution in [0, 0.1) is 0 Å². The number of methoxy groups -OCH3 is 1. The minimum Gasteiger partial charge on any atom is -0.772 e. The highest BCUT2D eigenvalue weighted by Crippen LogP contribution is 2.19. The fourth-order valence-electron chi connectivity index (χ4n) is 1.29. The Labute approximate surface area is 68.6 Å². The monoisotopic (exact) mass is 178 g/mol. The number of hydrogen-bond acceptors (Lipinski definition) is 4. The van der Waals surface area contributed by atoms with E-state index in [9.17, 15) is 8.76 Å². The fraction of sp³-hybridized carbons (Fsp3) is 1.00. The van der Waals surface area contributed by atoms with Crippen molar-refractivity contribution in [2.24, 2.45) is 0 Å². The van der Waals surface area contributed by atoms with Crippen molar-refractivity contribution in [3.05, 3.63) is 0 Å². The van der Waals surface area contributed by atoms with Crippen LogP contribution in [0.4, 0.5) is 0 Å². The summed E-state index contributed by atoms with van der Waals surface area (Å²) in [4.78, 5) is 0. The second-order valence-corrected chi connectivity index (χ2v) is 3.66. The summed E-state index contributed by atoms with van der Waals surface area (Å²) in [7, 11) is 1.56. The summed E-state index contributed by atoms with van der Waals surface area (Å²) < 4.78 is 26.0. The number of hydrogen-bond donors (Lipinski definition) is 1. The van der Waals surface area contributed by atoms with E-state index in [0.717, 1.165) is 13.0 Å². The normalized spacial score (nSPS) is 34.0. The summed E-state index contributed by atoms with van der Waals surface area (Å²) in [6.07, 6.45) is 0.775. The number of rotatable bonds is 3. The van der Waals surface area contributed by atoms with Crippen LogP contribution >= 0.6 is 0 Å². The molecule has 1 N–H and O–H groups in total. The molecule has 66 valence electrons. The van der Waals surface area contributed by atoms with Crippen LogP contribution < -0.4 is 5.32 Å². The highest BCUT2D eigenvalue weighted by Gasteiger charge is 2.33. The van der Waals surface area contributed by atoms with Crippen molar-refractivity contribution in [1.82, 2.24) is 5.32 Å². The van der Waals surface area contributed by atoms with Crippen molar-refractivity contribution >= 4 is 11.1 Å². The smallest absolute Gasteiger partial charge is 0.0918 e. The summed E-state index contributed by atoms with van der Waals surface area (Å²) in [6, 6.07) is 0. The summed E-state index contributed by atoms with van der Waals surface area (Å²) in [5.74, 6) is 0.0938. The molecular weight excluding hydrogens is 166 g/mol. The molecule has 4 nitrogen and oxygen atoms in total. The molecule has 0 saturated carbocycles. The maximum atomic E-state index is 10.4. The first-order chi connectivity index (χ1) is 5.18. The zero-order chi connectivity index (χ0) is 8.32. The summed E-state index contributed by atoms with van der Waals surface area (Å²) in [5.41, 5.74) is -0.466. The van der Waals surface area contributed by atoms with E-state index in [1.165, 1.54) is 0 Å². The minimum absolute atomic E-state index is 0.0938. The molecule has 2 unspecified atom stereocenters. The topological polar surface area (TPSA) is 61.4 Å². The molecular formula is C6H12NO3S-. The van der Waals surface area contributed by atoms with Crippen molar-refractivity contribution in [3.63, 3.8) is 0 Å². The fourth-order valence-corrected chi connectivity index (χ4v) is 2.09. The van der Waals surface area contributed by atoms with Crippen LogP contribution in [0.2, 0.25) is 0 Å². The van der Waals surface area contributed by atoms with Crippen LogP contribution in [-0.2, 0) is 15.8 Å². The van der Waals surface area contributed by atoms with E-state index in [1.807, 2.05) is 0 Å².